The van der Waals surface area contributed by atoms with Crippen LogP contribution in [-0.2, 0) is 11.3 Å². The fourth-order valence-corrected chi connectivity index (χ4v) is 2.29. The molecule has 0 bridgehead atoms. The molecule has 0 amide bonds. The first-order valence-electron chi connectivity index (χ1n) is 5.53. The van der Waals surface area contributed by atoms with E-state index < -0.39 is 5.97 Å². The van der Waals surface area contributed by atoms with Crippen LogP contribution in [0.4, 0.5) is 0 Å². The summed E-state index contributed by atoms with van der Waals surface area (Å²) in [6.07, 6.45) is 0.613. The van der Waals surface area contributed by atoms with Crippen LogP contribution in [0.25, 0.3) is 11.0 Å². The van der Waals surface area contributed by atoms with E-state index in [-0.39, 0.29) is 6.42 Å². The Balaban J connectivity index is 2.36. The van der Waals surface area contributed by atoms with Gasteiger partial charge in [0.2, 0.25) is 5.28 Å². The van der Waals surface area contributed by atoms with Gasteiger partial charge in [-0.1, -0.05) is 17.7 Å². The van der Waals surface area contributed by atoms with Crippen LogP contribution in [0.2, 0.25) is 10.3 Å². The fraction of sp³-hybridized carbons (Fsp3) is 0.333. The lowest BCUT2D eigenvalue weighted by Gasteiger charge is -2.05. The molecule has 1 heterocycles. The molecule has 2 aromatic rings. The van der Waals surface area contributed by atoms with E-state index in [1.54, 1.807) is 4.57 Å². The Hall–Kier alpha value is -1.26. The number of aromatic nitrogens is 2. The average Bonchev–Trinajstić information content (AvgIpc) is 2.62. The Labute approximate surface area is 114 Å². The number of aliphatic carboxylic acids is 1. The van der Waals surface area contributed by atoms with Gasteiger partial charge < -0.3 is 9.67 Å². The fourth-order valence-electron chi connectivity index (χ4n) is 1.83. The molecule has 0 aliphatic rings. The zero-order chi connectivity index (χ0) is 13.3. The molecule has 4 nitrogen and oxygen atoms in total. The highest BCUT2D eigenvalue weighted by Gasteiger charge is 2.13. The zero-order valence-electron chi connectivity index (χ0n) is 9.78. The van der Waals surface area contributed by atoms with Gasteiger partial charge in [-0.2, -0.15) is 0 Å². The number of halogens is 2. The Kier molecular flexibility index (Phi) is 3.78. The highest BCUT2D eigenvalue weighted by atomic mass is 35.5. The smallest absolute Gasteiger partial charge is 0.303 e. The third-order valence-corrected chi connectivity index (χ3v) is 3.54. The molecule has 0 saturated heterocycles. The number of nitrogens with zero attached hydrogens (tertiary/aromatic N) is 2. The number of hydrogen-bond acceptors (Lipinski definition) is 2. The highest BCUT2D eigenvalue weighted by Crippen LogP contribution is 2.29. The number of fused-ring (bicyclic) bond motifs is 1. The summed E-state index contributed by atoms with van der Waals surface area (Å²) in [5.41, 5.74) is 2.44. The van der Waals surface area contributed by atoms with Crippen molar-refractivity contribution >= 4 is 40.2 Å². The van der Waals surface area contributed by atoms with E-state index in [2.05, 4.69) is 4.98 Å². The summed E-state index contributed by atoms with van der Waals surface area (Å²) in [7, 11) is 0. The maximum atomic E-state index is 10.5. The highest BCUT2D eigenvalue weighted by molar-refractivity contribution is 6.36. The number of imidazole rings is 1. The molecule has 0 atom stereocenters. The van der Waals surface area contributed by atoms with Crippen LogP contribution in [-0.4, -0.2) is 20.6 Å². The van der Waals surface area contributed by atoms with Crippen molar-refractivity contribution in [1.82, 2.24) is 9.55 Å². The minimum absolute atomic E-state index is 0.107. The molecule has 6 heteroatoms. The Morgan fingerprint density at radius 3 is 2.83 bits per heavy atom. The topological polar surface area (TPSA) is 55.1 Å². The number of carboxylic acid groups (broad SMARTS) is 1. The molecule has 96 valence electrons. The summed E-state index contributed by atoms with van der Waals surface area (Å²) < 4.78 is 1.78. The normalized spacial score (nSPS) is 11.1. The molecule has 0 unspecified atom stereocenters. The third kappa shape index (κ3) is 2.44. The lowest BCUT2D eigenvalue weighted by Crippen LogP contribution is -2.02. The number of rotatable bonds is 4. The summed E-state index contributed by atoms with van der Waals surface area (Å²) in [5.74, 6) is -0.815. The van der Waals surface area contributed by atoms with Crippen LogP contribution in [0.5, 0.6) is 0 Å². The molecule has 0 spiro atoms. The van der Waals surface area contributed by atoms with E-state index in [9.17, 15) is 4.79 Å². The second-order valence-electron chi connectivity index (χ2n) is 4.09. The van der Waals surface area contributed by atoms with Crippen LogP contribution in [0.3, 0.4) is 0 Å². The molecular weight excluding hydrogens is 275 g/mol. The van der Waals surface area contributed by atoms with Crippen molar-refractivity contribution in [2.24, 2.45) is 0 Å². The minimum Gasteiger partial charge on any atom is -0.481 e. The predicted octanol–water partition coefficient (Wildman–Crippen LogP) is 3.52. The van der Waals surface area contributed by atoms with Gasteiger partial charge in [0.25, 0.3) is 0 Å². The second kappa shape index (κ2) is 5.16. The molecule has 18 heavy (non-hydrogen) atoms. The number of carboxylic acids is 1. The minimum atomic E-state index is -0.815. The first kappa shape index (κ1) is 13.2. The van der Waals surface area contributed by atoms with Crippen LogP contribution in [0.1, 0.15) is 18.4 Å². The van der Waals surface area contributed by atoms with Gasteiger partial charge in [0.15, 0.2) is 0 Å². The standard InChI is InChI=1S/C12H12Cl2N2O2/c1-7-4-5-8-11(10(7)13)15-12(14)16(8)6-2-3-9(17)18/h4-5H,2-3,6H2,1H3,(H,17,18). The summed E-state index contributed by atoms with van der Waals surface area (Å²) in [6.45, 7) is 2.42. The van der Waals surface area contributed by atoms with Gasteiger partial charge in [-0.3, -0.25) is 4.79 Å². The number of benzene rings is 1. The SMILES string of the molecule is Cc1ccc2c(nc(Cl)n2CCCC(=O)O)c1Cl. The maximum Gasteiger partial charge on any atom is 0.303 e. The lowest BCUT2D eigenvalue weighted by atomic mass is 10.2. The van der Waals surface area contributed by atoms with Crippen molar-refractivity contribution < 1.29 is 9.90 Å². The zero-order valence-corrected chi connectivity index (χ0v) is 11.3. The molecule has 1 aromatic carbocycles. The number of aryl methyl sites for hydroxylation is 2. The van der Waals surface area contributed by atoms with Crippen molar-refractivity contribution in [3.8, 4) is 0 Å². The van der Waals surface area contributed by atoms with E-state index in [1.165, 1.54) is 0 Å². The van der Waals surface area contributed by atoms with Crippen LogP contribution in [0.15, 0.2) is 12.1 Å². The van der Waals surface area contributed by atoms with E-state index in [1.807, 2.05) is 19.1 Å². The molecule has 0 aliphatic carbocycles. The largest absolute Gasteiger partial charge is 0.481 e. The lowest BCUT2D eigenvalue weighted by molar-refractivity contribution is -0.137. The number of hydrogen-bond donors (Lipinski definition) is 1. The second-order valence-corrected chi connectivity index (χ2v) is 4.81. The Bertz CT molecular complexity index is 608. The predicted molar refractivity (Wildman–Crippen MR) is 71.4 cm³/mol. The average molecular weight is 287 g/mol. The van der Waals surface area contributed by atoms with Gasteiger partial charge in [0.05, 0.1) is 10.5 Å². The number of carbonyl (C=O) groups is 1. The van der Waals surface area contributed by atoms with Crippen LogP contribution in [0, 0.1) is 6.92 Å². The summed E-state index contributed by atoms with van der Waals surface area (Å²) in [6, 6.07) is 3.80. The maximum absolute atomic E-state index is 10.5. The van der Waals surface area contributed by atoms with E-state index in [0.29, 0.717) is 28.8 Å². The summed E-state index contributed by atoms with van der Waals surface area (Å²) >= 11 is 12.2. The van der Waals surface area contributed by atoms with Gasteiger partial charge >= 0.3 is 5.97 Å². The van der Waals surface area contributed by atoms with Crippen LogP contribution < -0.4 is 0 Å². The third-order valence-electron chi connectivity index (χ3n) is 2.78. The van der Waals surface area contributed by atoms with Gasteiger partial charge in [-0.15, -0.1) is 0 Å². The van der Waals surface area contributed by atoms with E-state index in [0.717, 1.165) is 11.1 Å². The molecular formula is C12H12Cl2N2O2. The molecule has 2 rings (SSSR count). The molecule has 1 aromatic heterocycles. The quantitative estimate of drug-likeness (QED) is 0.936. The first-order chi connectivity index (χ1) is 8.50. The van der Waals surface area contributed by atoms with Crippen molar-refractivity contribution in [3.63, 3.8) is 0 Å². The Morgan fingerprint density at radius 2 is 2.17 bits per heavy atom. The van der Waals surface area contributed by atoms with Crippen molar-refractivity contribution in [1.29, 1.82) is 0 Å². The van der Waals surface area contributed by atoms with Gasteiger partial charge in [-0.25, -0.2) is 4.98 Å². The monoisotopic (exact) mass is 286 g/mol. The van der Waals surface area contributed by atoms with Gasteiger partial charge in [0, 0.05) is 13.0 Å². The van der Waals surface area contributed by atoms with E-state index >= 15 is 0 Å². The Morgan fingerprint density at radius 1 is 1.44 bits per heavy atom. The first-order valence-corrected chi connectivity index (χ1v) is 6.29. The van der Waals surface area contributed by atoms with Gasteiger partial charge in [-0.05, 0) is 36.6 Å². The molecule has 0 saturated carbocycles. The van der Waals surface area contributed by atoms with Crippen LogP contribution >= 0.6 is 23.2 Å². The summed E-state index contributed by atoms with van der Waals surface area (Å²) in [5, 5.41) is 9.55. The van der Waals surface area contributed by atoms with Crippen molar-refractivity contribution in [3.05, 3.63) is 28.0 Å². The van der Waals surface area contributed by atoms with E-state index in [4.69, 9.17) is 28.3 Å². The molecule has 1 N–H and O–H groups in total. The van der Waals surface area contributed by atoms with Gasteiger partial charge in [0.1, 0.15) is 5.52 Å². The van der Waals surface area contributed by atoms with Crippen molar-refractivity contribution in [2.45, 2.75) is 26.3 Å². The summed E-state index contributed by atoms with van der Waals surface area (Å²) in [4.78, 5) is 14.7. The molecule has 0 radical (unpaired) electrons. The molecule has 0 fully saturated rings. The molecule has 0 aliphatic heterocycles. The van der Waals surface area contributed by atoms with Crippen molar-refractivity contribution in [2.75, 3.05) is 0 Å².